The van der Waals surface area contributed by atoms with Crippen molar-refractivity contribution in [3.63, 3.8) is 0 Å². The highest BCUT2D eigenvalue weighted by Crippen LogP contribution is 2.28. The summed E-state index contributed by atoms with van der Waals surface area (Å²) in [5, 5.41) is 8.73. The van der Waals surface area contributed by atoms with E-state index in [0.29, 0.717) is 35.0 Å². The van der Waals surface area contributed by atoms with Crippen LogP contribution in [0.15, 0.2) is 42.5 Å². The van der Waals surface area contributed by atoms with Crippen LogP contribution in [-0.4, -0.2) is 32.6 Å². The van der Waals surface area contributed by atoms with Gasteiger partial charge in [0.25, 0.3) is 0 Å². The van der Waals surface area contributed by atoms with Crippen molar-refractivity contribution in [3.8, 4) is 11.5 Å². The number of methoxy groups -OCH3 is 2. The lowest BCUT2D eigenvalue weighted by molar-refractivity contribution is -0.116. The number of carbonyl (C=O) groups is 2. The molecule has 2 amide bonds. The molecule has 7 heteroatoms. The fourth-order valence-corrected chi connectivity index (χ4v) is 2.77. The number of hydrogen-bond donors (Lipinski definition) is 3. The fraction of sp³-hybridized carbons (Fsp3) is 0.364. The van der Waals surface area contributed by atoms with E-state index < -0.39 is 0 Å². The lowest BCUT2D eigenvalue weighted by Crippen LogP contribution is -2.22. The Hall–Kier alpha value is -3.22. The summed E-state index contributed by atoms with van der Waals surface area (Å²) in [6.07, 6.45) is 3.48. The van der Waals surface area contributed by atoms with E-state index in [2.05, 4.69) is 22.9 Å². The number of anilines is 3. The predicted octanol–water partition coefficient (Wildman–Crippen LogP) is 4.27. The van der Waals surface area contributed by atoms with Gasteiger partial charge in [-0.15, -0.1) is 0 Å². The van der Waals surface area contributed by atoms with Crippen molar-refractivity contribution in [3.05, 3.63) is 42.5 Å². The molecule has 0 fully saturated rings. The Morgan fingerprint density at radius 3 is 2.28 bits per heavy atom. The highest BCUT2D eigenvalue weighted by atomic mass is 16.5. The normalized spacial score (nSPS) is 10.2. The van der Waals surface area contributed by atoms with Gasteiger partial charge >= 0.3 is 0 Å². The van der Waals surface area contributed by atoms with Gasteiger partial charge in [0.05, 0.1) is 26.5 Å². The Morgan fingerprint density at radius 2 is 1.62 bits per heavy atom. The summed E-state index contributed by atoms with van der Waals surface area (Å²) in [5.74, 6) is 1.04. The van der Waals surface area contributed by atoms with Crippen molar-refractivity contribution in [2.75, 3.05) is 36.7 Å². The van der Waals surface area contributed by atoms with Crippen LogP contribution in [0.4, 0.5) is 17.1 Å². The molecule has 2 aromatic carbocycles. The molecule has 0 bridgehead atoms. The van der Waals surface area contributed by atoms with Gasteiger partial charge in [0.1, 0.15) is 11.5 Å². The molecule has 156 valence electrons. The minimum Gasteiger partial charge on any atom is -0.497 e. The standard InChI is InChI=1S/C22H29N3O4/c1-4-5-6-10-21(26)24-16-8-7-9-17(13-16)25-22(27)15-23-19-14-18(28-2)11-12-20(19)29-3/h7-9,11-14,23H,4-6,10,15H2,1-3H3,(H,24,26)(H,25,27). The quantitative estimate of drug-likeness (QED) is 0.491. The predicted molar refractivity (Wildman–Crippen MR) is 116 cm³/mol. The van der Waals surface area contributed by atoms with Crippen LogP contribution in [0.5, 0.6) is 11.5 Å². The van der Waals surface area contributed by atoms with Crippen molar-refractivity contribution in [1.82, 2.24) is 0 Å². The third-order valence-corrected chi connectivity index (χ3v) is 4.28. The van der Waals surface area contributed by atoms with E-state index in [4.69, 9.17) is 9.47 Å². The van der Waals surface area contributed by atoms with E-state index in [9.17, 15) is 9.59 Å². The van der Waals surface area contributed by atoms with E-state index in [1.807, 2.05) is 0 Å². The second kappa shape index (κ2) is 11.6. The Kier molecular flexibility index (Phi) is 8.82. The second-order valence-electron chi connectivity index (χ2n) is 6.55. The van der Waals surface area contributed by atoms with Crippen molar-refractivity contribution in [2.24, 2.45) is 0 Å². The van der Waals surface area contributed by atoms with E-state index >= 15 is 0 Å². The monoisotopic (exact) mass is 399 g/mol. The van der Waals surface area contributed by atoms with Crippen LogP contribution in [0.3, 0.4) is 0 Å². The number of amides is 2. The Labute approximate surface area is 171 Å². The minimum atomic E-state index is -0.221. The zero-order valence-electron chi connectivity index (χ0n) is 17.2. The maximum Gasteiger partial charge on any atom is 0.243 e. The van der Waals surface area contributed by atoms with Crippen LogP contribution in [0.25, 0.3) is 0 Å². The summed E-state index contributed by atoms with van der Waals surface area (Å²) < 4.78 is 10.5. The van der Waals surface area contributed by atoms with E-state index in [1.165, 1.54) is 0 Å². The third kappa shape index (κ3) is 7.37. The van der Waals surface area contributed by atoms with Gasteiger partial charge < -0.3 is 25.4 Å². The number of ether oxygens (including phenoxy) is 2. The van der Waals surface area contributed by atoms with Gasteiger partial charge in [0.15, 0.2) is 0 Å². The van der Waals surface area contributed by atoms with Crippen LogP contribution < -0.4 is 25.4 Å². The average molecular weight is 399 g/mol. The van der Waals surface area contributed by atoms with E-state index in [1.54, 1.807) is 56.7 Å². The van der Waals surface area contributed by atoms with E-state index in [0.717, 1.165) is 19.3 Å². The van der Waals surface area contributed by atoms with Crippen molar-refractivity contribution < 1.29 is 19.1 Å². The summed E-state index contributed by atoms with van der Waals surface area (Å²) in [6, 6.07) is 12.4. The molecular formula is C22H29N3O4. The first-order valence-corrected chi connectivity index (χ1v) is 9.71. The summed E-state index contributed by atoms with van der Waals surface area (Å²) in [5.41, 5.74) is 1.93. The third-order valence-electron chi connectivity index (χ3n) is 4.28. The lowest BCUT2D eigenvalue weighted by Gasteiger charge is -2.13. The zero-order valence-corrected chi connectivity index (χ0v) is 17.2. The van der Waals surface area contributed by atoms with Crippen LogP contribution in [0.1, 0.15) is 32.6 Å². The highest BCUT2D eigenvalue weighted by molar-refractivity contribution is 5.95. The molecule has 2 aromatic rings. The maximum atomic E-state index is 12.3. The molecule has 0 atom stereocenters. The number of unbranched alkanes of at least 4 members (excludes halogenated alkanes) is 2. The fourth-order valence-electron chi connectivity index (χ4n) is 2.77. The van der Waals surface area contributed by atoms with E-state index in [-0.39, 0.29) is 18.4 Å². The molecule has 7 nitrogen and oxygen atoms in total. The summed E-state index contributed by atoms with van der Waals surface area (Å²) in [7, 11) is 3.14. The van der Waals surface area contributed by atoms with Gasteiger partial charge in [-0.2, -0.15) is 0 Å². The summed E-state index contributed by atoms with van der Waals surface area (Å²) in [6.45, 7) is 2.15. The van der Waals surface area contributed by atoms with Crippen LogP contribution in [0, 0.1) is 0 Å². The topological polar surface area (TPSA) is 88.7 Å². The number of hydrogen-bond acceptors (Lipinski definition) is 5. The lowest BCUT2D eigenvalue weighted by atomic mass is 10.2. The Bertz CT molecular complexity index is 823. The second-order valence-corrected chi connectivity index (χ2v) is 6.55. The molecule has 0 heterocycles. The van der Waals surface area contributed by atoms with Gasteiger partial charge in [-0.25, -0.2) is 0 Å². The molecule has 0 unspecified atom stereocenters. The first kappa shape index (κ1) is 22.1. The summed E-state index contributed by atoms with van der Waals surface area (Å²) >= 11 is 0. The van der Waals surface area contributed by atoms with Gasteiger partial charge in [0, 0.05) is 23.9 Å². The number of rotatable bonds is 11. The molecule has 0 aromatic heterocycles. The van der Waals surface area contributed by atoms with Gasteiger partial charge in [-0.05, 0) is 36.8 Å². The molecular weight excluding hydrogens is 370 g/mol. The molecule has 0 aliphatic rings. The van der Waals surface area contributed by atoms with Crippen molar-refractivity contribution in [1.29, 1.82) is 0 Å². The summed E-state index contributed by atoms with van der Waals surface area (Å²) in [4.78, 5) is 24.3. The molecule has 0 aliphatic carbocycles. The SMILES string of the molecule is CCCCCC(=O)Nc1cccc(NC(=O)CNc2cc(OC)ccc2OC)c1. The minimum absolute atomic E-state index is 0.0197. The number of carbonyl (C=O) groups excluding carboxylic acids is 2. The smallest absolute Gasteiger partial charge is 0.243 e. The highest BCUT2D eigenvalue weighted by Gasteiger charge is 2.09. The van der Waals surface area contributed by atoms with Gasteiger partial charge in [0.2, 0.25) is 11.8 Å². The largest absolute Gasteiger partial charge is 0.497 e. The van der Waals surface area contributed by atoms with Gasteiger partial charge in [-0.3, -0.25) is 9.59 Å². The Morgan fingerprint density at radius 1 is 0.897 bits per heavy atom. The molecule has 29 heavy (non-hydrogen) atoms. The van der Waals surface area contributed by atoms with Gasteiger partial charge in [-0.1, -0.05) is 25.8 Å². The van der Waals surface area contributed by atoms with Crippen molar-refractivity contribution >= 4 is 28.9 Å². The van der Waals surface area contributed by atoms with Crippen LogP contribution in [0.2, 0.25) is 0 Å². The van der Waals surface area contributed by atoms with Crippen LogP contribution in [-0.2, 0) is 9.59 Å². The molecule has 0 radical (unpaired) electrons. The molecule has 2 rings (SSSR count). The maximum absolute atomic E-state index is 12.3. The molecule has 0 aliphatic heterocycles. The molecule has 0 saturated carbocycles. The first-order valence-electron chi connectivity index (χ1n) is 9.71. The molecule has 0 spiro atoms. The number of nitrogens with one attached hydrogen (secondary N) is 3. The van der Waals surface area contributed by atoms with Crippen molar-refractivity contribution in [2.45, 2.75) is 32.6 Å². The first-order chi connectivity index (χ1) is 14.0. The molecule has 0 saturated heterocycles. The molecule has 3 N–H and O–H groups in total. The zero-order chi connectivity index (χ0) is 21.1. The Balaban J connectivity index is 1.90. The van der Waals surface area contributed by atoms with Crippen LogP contribution >= 0.6 is 0 Å². The number of benzene rings is 2. The average Bonchev–Trinajstić information content (AvgIpc) is 2.72.